The molecule has 0 aliphatic rings. The second kappa shape index (κ2) is 6.17. The van der Waals surface area contributed by atoms with Crippen LogP contribution in [0, 0.1) is 12.8 Å². The Morgan fingerprint density at radius 3 is 2.14 bits per heavy atom. The third-order valence-electron chi connectivity index (χ3n) is 2.73. The van der Waals surface area contributed by atoms with E-state index in [9.17, 15) is 9.59 Å². The first-order valence-electron chi connectivity index (χ1n) is 6.57. The summed E-state index contributed by atoms with van der Waals surface area (Å²) in [6.45, 7) is 5.36. The number of aromatic amines is 1. The van der Waals surface area contributed by atoms with Gasteiger partial charge in [-0.05, 0) is 31.2 Å². The van der Waals surface area contributed by atoms with Gasteiger partial charge in [-0.25, -0.2) is 4.98 Å². The van der Waals surface area contributed by atoms with Crippen LogP contribution in [0.25, 0.3) is 0 Å². The van der Waals surface area contributed by atoms with E-state index >= 15 is 0 Å². The van der Waals surface area contributed by atoms with E-state index in [0.29, 0.717) is 17.2 Å². The van der Waals surface area contributed by atoms with Gasteiger partial charge in [0, 0.05) is 17.3 Å². The van der Waals surface area contributed by atoms with Gasteiger partial charge in [-0.1, -0.05) is 13.8 Å². The van der Waals surface area contributed by atoms with Gasteiger partial charge in [0.05, 0.1) is 0 Å². The molecule has 0 aliphatic heterocycles. The van der Waals surface area contributed by atoms with Crippen LogP contribution in [-0.2, 0) is 4.79 Å². The van der Waals surface area contributed by atoms with Crippen LogP contribution in [0.1, 0.15) is 30.3 Å². The Morgan fingerprint density at radius 1 is 1.10 bits per heavy atom. The highest BCUT2D eigenvalue weighted by atomic mass is 16.2. The van der Waals surface area contributed by atoms with Crippen LogP contribution in [0.2, 0.25) is 0 Å². The highest BCUT2D eigenvalue weighted by Crippen LogP contribution is 2.15. The minimum Gasteiger partial charge on any atom is -0.326 e. The lowest BCUT2D eigenvalue weighted by atomic mass is 10.2. The fourth-order valence-electron chi connectivity index (χ4n) is 1.55. The largest absolute Gasteiger partial charge is 0.326 e. The van der Waals surface area contributed by atoms with Crippen LogP contribution < -0.4 is 10.6 Å². The summed E-state index contributed by atoms with van der Waals surface area (Å²) in [7, 11) is 0. The van der Waals surface area contributed by atoms with Gasteiger partial charge < -0.3 is 10.6 Å². The van der Waals surface area contributed by atoms with Crippen molar-refractivity contribution in [1.82, 2.24) is 15.2 Å². The first-order valence-corrected chi connectivity index (χ1v) is 6.57. The molecule has 0 bridgehead atoms. The standard InChI is InChI=1S/C14H17N5O2/c1-8(2)13(20)16-10-4-6-11(7-5-10)17-14(21)12-15-9(3)18-19-12/h4-8H,1-3H3,(H,16,20)(H,17,21)(H,15,18,19). The normalized spacial score (nSPS) is 10.5. The molecule has 1 heterocycles. The maximum atomic E-state index is 11.9. The third kappa shape index (κ3) is 3.88. The summed E-state index contributed by atoms with van der Waals surface area (Å²) < 4.78 is 0. The lowest BCUT2D eigenvalue weighted by molar-refractivity contribution is -0.118. The summed E-state index contributed by atoms with van der Waals surface area (Å²) >= 11 is 0. The highest BCUT2D eigenvalue weighted by Gasteiger charge is 2.11. The van der Waals surface area contributed by atoms with E-state index in [4.69, 9.17) is 0 Å². The van der Waals surface area contributed by atoms with Crippen molar-refractivity contribution in [2.75, 3.05) is 10.6 Å². The van der Waals surface area contributed by atoms with Crippen molar-refractivity contribution in [1.29, 1.82) is 0 Å². The number of nitrogens with zero attached hydrogens (tertiary/aromatic N) is 2. The number of nitrogens with one attached hydrogen (secondary N) is 3. The maximum Gasteiger partial charge on any atom is 0.295 e. The van der Waals surface area contributed by atoms with Crippen LogP contribution in [-0.4, -0.2) is 27.0 Å². The number of carbonyl (C=O) groups is 2. The topological polar surface area (TPSA) is 99.8 Å². The number of H-pyrrole nitrogens is 1. The molecule has 7 nitrogen and oxygen atoms in total. The number of aryl methyl sites for hydroxylation is 1. The summed E-state index contributed by atoms with van der Waals surface area (Å²) in [5.74, 6) is 0.135. The zero-order valence-corrected chi connectivity index (χ0v) is 12.1. The number of hydrogen-bond donors (Lipinski definition) is 3. The van der Waals surface area contributed by atoms with Crippen LogP contribution >= 0.6 is 0 Å². The molecule has 110 valence electrons. The van der Waals surface area contributed by atoms with Gasteiger partial charge in [-0.3, -0.25) is 14.7 Å². The summed E-state index contributed by atoms with van der Waals surface area (Å²) in [5.41, 5.74) is 1.28. The lowest BCUT2D eigenvalue weighted by Gasteiger charge is -2.08. The van der Waals surface area contributed by atoms with Crippen molar-refractivity contribution in [2.45, 2.75) is 20.8 Å². The average Bonchev–Trinajstić information content (AvgIpc) is 2.87. The third-order valence-corrected chi connectivity index (χ3v) is 2.73. The predicted octanol–water partition coefficient (Wildman–Crippen LogP) is 1.96. The summed E-state index contributed by atoms with van der Waals surface area (Å²) in [5, 5.41) is 11.8. The van der Waals surface area contributed by atoms with E-state index in [1.165, 1.54) is 0 Å². The van der Waals surface area contributed by atoms with Gasteiger partial charge in [-0.2, -0.15) is 0 Å². The number of hydrogen-bond acceptors (Lipinski definition) is 4. The molecule has 1 aromatic heterocycles. The molecule has 0 spiro atoms. The second-order valence-electron chi connectivity index (χ2n) is 4.92. The Labute approximate surface area is 122 Å². The quantitative estimate of drug-likeness (QED) is 0.800. The lowest BCUT2D eigenvalue weighted by Crippen LogP contribution is -2.17. The molecule has 0 radical (unpaired) electrons. The Balaban J connectivity index is 1.99. The summed E-state index contributed by atoms with van der Waals surface area (Å²) in [4.78, 5) is 27.4. The molecule has 2 aromatic rings. The van der Waals surface area contributed by atoms with Crippen molar-refractivity contribution in [3.05, 3.63) is 35.9 Å². The van der Waals surface area contributed by atoms with E-state index in [1.54, 1.807) is 31.2 Å². The molecule has 0 saturated heterocycles. The van der Waals surface area contributed by atoms with Gasteiger partial charge >= 0.3 is 0 Å². The first-order chi connectivity index (χ1) is 9.95. The van der Waals surface area contributed by atoms with Crippen LogP contribution in [0.5, 0.6) is 0 Å². The Morgan fingerprint density at radius 2 is 1.67 bits per heavy atom. The van der Waals surface area contributed by atoms with E-state index < -0.39 is 5.91 Å². The van der Waals surface area contributed by atoms with Crippen molar-refractivity contribution < 1.29 is 9.59 Å². The Bertz CT molecular complexity index is 646. The van der Waals surface area contributed by atoms with Crippen LogP contribution in [0.4, 0.5) is 11.4 Å². The zero-order chi connectivity index (χ0) is 15.4. The SMILES string of the molecule is Cc1nc(C(=O)Nc2ccc(NC(=O)C(C)C)cc2)n[nH]1. The monoisotopic (exact) mass is 287 g/mol. The van der Waals surface area contributed by atoms with E-state index in [1.807, 2.05) is 13.8 Å². The molecule has 0 fully saturated rings. The molecule has 21 heavy (non-hydrogen) atoms. The molecule has 2 rings (SSSR count). The van der Waals surface area contributed by atoms with Crippen molar-refractivity contribution >= 4 is 23.2 Å². The fourth-order valence-corrected chi connectivity index (χ4v) is 1.55. The van der Waals surface area contributed by atoms with Gasteiger partial charge in [0.15, 0.2) is 0 Å². The average molecular weight is 287 g/mol. The Hall–Kier alpha value is -2.70. The summed E-state index contributed by atoms with van der Waals surface area (Å²) in [6.07, 6.45) is 0. The molecule has 0 saturated carbocycles. The molecule has 2 amide bonds. The van der Waals surface area contributed by atoms with Crippen molar-refractivity contribution in [3.8, 4) is 0 Å². The number of rotatable bonds is 4. The zero-order valence-electron chi connectivity index (χ0n) is 12.1. The Kier molecular flexibility index (Phi) is 4.32. The molecule has 0 unspecified atom stereocenters. The molecule has 3 N–H and O–H groups in total. The number of aromatic nitrogens is 3. The molecule has 1 aromatic carbocycles. The van der Waals surface area contributed by atoms with E-state index in [0.717, 1.165) is 0 Å². The number of anilines is 2. The molecule has 0 atom stereocenters. The molecular formula is C14H17N5O2. The number of benzene rings is 1. The van der Waals surface area contributed by atoms with Crippen LogP contribution in [0.15, 0.2) is 24.3 Å². The van der Waals surface area contributed by atoms with E-state index in [-0.39, 0.29) is 17.6 Å². The van der Waals surface area contributed by atoms with Crippen LogP contribution in [0.3, 0.4) is 0 Å². The minimum absolute atomic E-state index is 0.0528. The molecule has 0 aliphatic carbocycles. The van der Waals surface area contributed by atoms with Crippen molar-refractivity contribution in [3.63, 3.8) is 0 Å². The predicted molar refractivity (Wildman–Crippen MR) is 79.0 cm³/mol. The van der Waals surface area contributed by atoms with Gasteiger partial charge in [0.2, 0.25) is 11.7 Å². The summed E-state index contributed by atoms with van der Waals surface area (Å²) in [6, 6.07) is 6.85. The second-order valence-corrected chi connectivity index (χ2v) is 4.92. The minimum atomic E-state index is -0.390. The van der Waals surface area contributed by atoms with E-state index in [2.05, 4.69) is 25.8 Å². The number of carbonyl (C=O) groups excluding carboxylic acids is 2. The van der Waals surface area contributed by atoms with Gasteiger partial charge in [0.1, 0.15) is 5.82 Å². The highest BCUT2D eigenvalue weighted by molar-refractivity contribution is 6.01. The first kappa shape index (κ1) is 14.7. The fraction of sp³-hybridized carbons (Fsp3) is 0.286. The molecular weight excluding hydrogens is 270 g/mol. The maximum absolute atomic E-state index is 11.9. The van der Waals surface area contributed by atoms with Gasteiger partial charge in [0.25, 0.3) is 5.91 Å². The van der Waals surface area contributed by atoms with Gasteiger partial charge in [-0.15, -0.1) is 5.10 Å². The smallest absolute Gasteiger partial charge is 0.295 e. The molecule has 7 heteroatoms. The number of amides is 2. The van der Waals surface area contributed by atoms with Crippen molar-refractivity contribution in [2.24, 2.45) is 5.92 Å².